The van der Waals surface area contributed by atoms with Crippen LogP contribution in [0.1, 0.15) is 36.7 Å². The summed E-state index contributed by atoms with van der Waals surface area (Å²) < 4.78 is 0. The molecular weight excluding hydrogens is 266 g/mol. The molecule has 1 aromatic heterocycles. The fraction of sp³-hybridized carbons (Fsp3) is 0.667. The Labute approximate surface area is 126 Å². The van der Waals surface area contributed by atoms with E-state index in [1.165, 1.54) is 19.0 Å². The van der Waals surface area contributed by atoms with Crippen LogP contribution >= 0.6 is 0 Å². The van der Waals surface area contributed by atoms with Gasteiger partial charge >= 0.3 is 0 Å². The van der Waals surface area contributed by atoms with Gasteiger partial charge in [0, 0.05) is 13.1 Å². The molecule has 0 radical (unpaired) electrons. The fourth-order valence-corrected chi connectivity index (χ4v) is 2.55. The number of nitrogens with one attached hydrogen (secondary N) is 2. The number of piperidine rings is 1. The normalized spacial score (nSPS) is 16.7. The first kappa shape index (κ1) is 15.7. The van der Waals surface area contributed by atoms with Crippen molar-refractivity contribution in [3.8, 4) is 0 Å². The molecule has 6 heteroatoms. The monoisotopic (exact) mass is 291 g/mol. The zero-order valence-electron chi connectivity index (χ0n) is 12.9. The number of carbonyl (C=O) groups excluding carboxylic acids is 1. The number of aromatic nitrogens is 2. The maximum atomic E-state index is 12.0. The first-order valence-electron chi connectivity index (χ1n) is 7.71. The van der Waals surface area contributed by atoms with Crippen molar-refractivity contribution in [1.82, 2.24) is 20.2 Å². The predicted octanol–water partition coefficient (Wildman–Crippen LogP) is 1.37. The highest BCUT2D eigenvalue weighted by atomic mass is 16.1. The smallest absolute Gasteiger partial charge is 0.271 e. The van der Waals surface area contributed by atoms with Crippen LogP contribution in [-0.2, 0) is 0 Å². The minimum Gasteiger partial charge on any atom is -0.369 e. The minimum atomic E-state index is -0.140. The molecule has 1 aliphatic heterocycles. The lowest BCUT2D eigenvalue weighted by molar-refractivity contribution is 0.0943. The lowest BCUT2D eigenvalue weighted by Crippen LogP contribution is -2.33. The van der Waals surface area contributed by atoms with Crippen molar-refractivity contribution in [1.29, 1.82) is 0 Å². The van der Waals surface area contributed by atoms with E-state index in [1.54, 1.807) is 6.20 Å². The van der Waals surface area contributed by atoms with E-state index >= 15 is 0 Å². The molecule has 1 amide bonds. The van der Waals surface area contributed by atoms with Gasteiger partial charge in [-0.25, -0.2) is 9.97 Å². The van der Waals surface area contributed by atoms with Crippen LogP contribution in [-0.4, -0.2) is 54.0 Å². The Morgan fingerprint density at radius 2 is 2.10 bits per heavy atom. The minimum absolute atomic E-state index is 0.140. The summed E-state index contributed by atoms with van der Waals surface area (Å²) in [5, 5.41) is 5.99. The number of likely N-dealkylation sites (tertiary alicyclic amines) is 1. The number of carbonyl (C=O) groups is 1. The Morgan fingerprint density at radius 3 is 2.71 bits per heavy atom. The van der Waals surface area contributed by atoms with Crippen molar-refractivity contribution in [2.45, 2.75) is 26.2 Å². The largest absolute Gasteiger partial charge is 0.369 e. The van der Waals surface area contributed by atoms with Gasteiger partial charge in [0.1, 0.15) is 11.5 Å². The van der Waals surface area contributed by atoms with E-state index in [9.17, 15) is 4.79 Å². The lowest BCUT2D eigenvalue weighted by Gasteiger charge is -2.28. The highest BCUT2D eigenvalue weighted by molar-refractivity contribution is 5.91. The second kappa shape index (κ2) is 7.93. The molecule has 0 saturated carbocycles. The highest BCUT2D eigenvalue weighted by Gasteiger charge is 2.16. The average Bonchev–Trinajstić information content (AvgIpc) is 2.50. The second-order valence-electron chi connectivity index (χ2n) is 5.61. The van der Waals surface area contributed by atoms with E-state index in [-0.39, 0.29) is 5.91 Å². The first-order chi connectivity index (χ1) is 10.2. The summed E-state index contributed by atoms with van der Waals surface area (Å²) in [4.78, 5) is 22.6. The van der Waals surface area contributed by atoms with E-state index in [0.29, 0.717) is 18.1 Å². The third-order valence-electron chi connectivity index (χ3n) is 3.92. The van der Waals surface area contributed by atoms with Crippen molar-refractivity contribution in [2.24, 2.45) is 5.92 Å². The third kappa shape index (κ3) is 4.97. The van der Waals surface area contributed by atoms with E-state index < -0.39 is 0 Å². The van der Waals surface area contributed by atoms with Crippen LogP contribution in [0.3, 0.4) is 0 Å². The maximum Gasteiger partial charge on any atom is 0.271 e. The number of anilines is 1. The van der Waals surface area contributed by atoms with Crippen LogP contribution in [0.4, 0.5) is 5.82 Å². The van der Waals surface area contributed by atoms with Crippen LogP contribution in [0.25, 0.3) is 0 Å². The molecule has 0 atom stereocenters. The van der Waals surface area contributed by atoms with Crippen LogP contribution in [0.5, 0.6) is 0 Å². The van der Waals surface area contributed by atoms with Crippen LogP contribution < -0.4 is 10.6 Å². The van der Waals surface area contributed by atoms with Crippen molar-refractivity contribution in [3.63, 3.8) is 0 Å². The predicted molar refractivity (Wildman–Crippen MR) is 83.4 cm³/mol. The summed E-state index contributed by atoms with van der Waals surface area (Å²) in [7, 11) is 2.16. The standard InChI is InChI=1S/C15H25N5O/c1-3-16-14-11-18-13(10-19-14)15(21)17-7-4-12-5-8-20(2)9-6-12/h10-12H,3-9H2,1-2H3,(H,16,19)(H,17,21). The summed E-state index contributed by atoms with van der Waals surface area (Å²) >= 11 is 0. The van der Waals surface area contributed by atoms with E-state index in [1.807, 2.05) is 6.92 Å². The molecule has 2 heterocycles. The van der Waals surface area contributed by atoms with Crippen LogP contribution in [0.15, 0.2) is 12.4 Å². The highest BCUT2D eigenvalue weighted by Crippen LogP contribution is 2.18. The average molecular weight is 291 g/mol. The molecule has 1 aromatic rings. The second-order valence-corrected chi connectivity index (χ2v) is 5.61. The Hall–Kier alpha value is -1.69. The summed E-state index contributed by atoms with van der Waals surface area (Å²) in [6, 6.07) is 0. The van der Waals surface area contributed by atoms with Gasteiger partial charge in [0.2, 0.25) is 0 Å². The first-order valence-corrected chi connectivity index (χ1v) is 7.71. The topological polar surface area (TPSA) is 70.2 Å². The zero-order chi connectivity index (χ0) is 15.1. The molecule has 1 aliphatic rings. The van der Waals surface area contributed by atoms with Gasteiger partial charge in [-0.3, -0.25) is 4.79 Å². The molecule has 1 saturated heterocycles. The fourth-order valence-electron chi connectivity index (χ4n) is 2.55. The quantitative estimate of drug-likeness (QED) is 0.828. The Balaban J connectivity index is 1.71. The molecule has 116 valence electrons. The van der Waals surface area contributed by atoms with Gasteiger partial charge in [-0.1, -0.05) is 0 Å². The number of nitrogens with zero attached hydrogens (tertiary/aromatic N) is 3. The van der Waals surface area contributed by atoms with Gasteiger partial charge in [-0.05, 0) is 52.2 Å². The molecule has 2 N–H and O–H groups in total. The van der Waals surface area contributed by atoms with E-state index in [4.69, 9.17) is 0 Å². The number of rotatable bonds is 6. The third-order valence-corrected chi connectivity index (χ3v) is 3.92. The van der Waals surface area contributed by atoms with Gasteiger partial charge in [-0.2, -0.15) is 0 Å². The molecule has 6 nitrogen and oxygen atoms in total. The van der Waals surface area contributed by atoms with Gasteiger partial charge in [0.15, 0.2) is 0 Å². The lowest BCUT2D eigenvalue weighted by atomic mass is 9.94. The SMILES string of the molecule is CCNc1cnc(C(=O)NCCC2CCN(C)CC2)cn1. The molecule has 0 unspecified atom stereocenters. The van der Waals surface area contributed by atoms with Gasteiger partial charge < -0.3 is 15.5 Å². The summed E-state index contributed by atoms with van der Waals surface area (Å²) in [6.07, 6.45) is 6.61. The molecule has 0 spiro atoms. The molecule has 1 fully saturated rings. The molecule has 0 aliphatic carbocycles. The van der Waals surface area contributed by atoms with Crippen molar-refractivity contribution in [3.05, 3.63) is 18.1 Å². The van der Waals surface area contributed by atoms with E-state index in [2.05, 4.69) is 32.5 Å². The molecule has 0 bridgehead atoms. The van der Waals surface area contributed by atoms with Crippen molar-refractivity contribution < 1.29 is 4.79 Å². The summed E-state index contributed by atoms with van der Waals surface area (Å²) in [5.41, 5.74) is 0.375. The molecule has 21 heavy (non-hydrogen) atoms. The Bertz CT molecular complexity index is 440. The van der Waals surface area contributed by atoms with Gasteiger partial charge in [0.05, 0.1) is 12.4 Å². The van der Waals surface area contributed by atoms with Gasteiger partial charge in [-0.15, -0.1) is 0 Å². The summed E-state index contributed by atoms with van der Waals surface area (Å²) in [5.74, 6) is 1.28. The number of amides is 1. The van der Waals surface area contributed by atoms with Crippen LogP contribution in [0.2, 0.25) is 0 Å². The van der Waals surface area contributed by atoms with Crippen LogP contribution in [0, 0.1) is 5.92 Å². The molecular formula is C15H25N5O. The van der Waals surface area contributed by atoms with Crippen molar-refractivity contribution >= 4 is 11.7 Å². The summed E-state index contributed by atoms with van der Waals surface area (Å²) in [6.45, 7) is 5.82. The zero-order valence-corrected chi connectivity index (χ0v) is 12.9. The van der Waals surface area contributed by atoms with Gasteiger partial charge in [0.25, 0.3) is 5.91 Å². The van der Waals surface area contributed by atoms with Crippen molar-refractivity contribution in [2.75, 3.05) is 38.5 Å². The maximum absolute atomic E-state index is 12.0. The Morgan fingerprint density at radius 1 is 1.33 bits per heavy atom. The Kier molecular flexibility index (Phi) is 5.92. The molecule has 0 aromatic carbocycles. The molecule has 2 rings (SSSR count). The van der Waals surface area contributed by atoms with E-state index in [0.717, 1.165) is 32.0 Å². The number of hydrogen-bond donors (Lipinski definition) is 2. The number of hydrogen-bond acceptors (Lipinski definition) is 5.